The largest absolute Gasteiger partial charge is 0.384 e. The number of rotatable bonds is 2. The first-order valence-electron chi connectivity index (χ1n) is 4.71. The molecule has 0 amide bonds. The zero-order valence-electron chi connectivity index (χ0n) is 8.27. The van der Waals surface area contributed by atoms with E-state index in [1.54, 1.807) is 30.6 Å². The van der Waals surface area contributed by atoms with Gasteiger partial charge in [0.1, 0.15) is 11.9 Å². The monoisotopic (exact) mass is 281 g/mol. The molecule has 2 aromatic rings. The van der Waals surface area contributed by atoms with Crippen molar-refractivity contribution in [2.45, 2.75) is 6.10 Å². The Kier molecular flexibility index (Phi) is 3.31. The molecule has 16 heavy (non-hydrogen) atoms. The number of aliphatic hydroxyl groups is 1. The number of hydrogen-bond donors (Lipinski definition) is 1. The molecule has 0 saturated heterocycles. The van der Waals surface area contributed by atoms with E-state index in [1.165, 1.54) is 12.1 Å². The van der Waals surface area contributed by atoms with Crippen LogP contribution in [0.2, 0.25) is 0 Å². The lowest BCUT2D eigenvalue weighted by molar-refractivity contribution is 0.219. The van der Waals surface area contributed by atoms with E-state index in [0.29, 0.717) is 11.1 Å². The van der Waals surface area contributed by atoms with Crippen LogP contribution in [0.5, 0.6) is 0 Å². The molecular formula is C12H9BrFNO. The van der Waals surface area contributed by atoms with Crippen LogP contribution >= 0.6 is 15.9 Å². The summed E-state index contributed by atoms with van der Waals surface area (Å²) in [5, 5.41) is 10.1. The van der Waals surface area contributed by atoms with Gasteiger partial charge in [0.2, 0.25) is 0 Å². The highest BCUT2D eigenvalue weighted by molar-refractivity contribution is 9.10. The standard InChI is InChI=1S/C12H9BrFNO/c13-11-7-15-6-5-10(11)12(16)8-1-3-9(14)4-2-8/h1-7,12,16H. The number of halogens is 2. The molecule has 2 nitrogen and oxygen atoms in total. The van der Waals surface area contributed by atoms with Crippen LogP contribution in [-0.4, -0.2) is 10.1 Å². The van der Waals surface area contributed by atoms with Crippen molar-refractivity contribution in [3.8, 4) is 0 Å². The average Bonchev–Trinajstić information content (AvgIpc) is 2.30. The van der Waals surface area contributed by atoms with Crippen LogP contribution < -0.4 is 0 Å². The SMILES string of the molecule is OC(c1ccc(F)cc1)c1ccncc1Br. The summed E-state index contributed by atoms with van der Waals surface area (Å²) < 4.78 is 13.5. The van der Waals surface area contributed by atoms with Crippen LogP contribution in [0.1, 0.15) is 17.2 Å². The number of nitrogens with zero attached hydrogens (tertiary/aromatic N) is 1. The number of aliphatic hydroxyl groups excluding tert-OH is 1. The smallest absolute Gasteiger partial charge is 0.123 e. The molecule has 0 aliphatic rings. The van der Waals surface area contributed by atoms with Crippen LogP contribution in [0.25, 0.3) is 0 Å². The van der Waals surface area contributed by atoms with Gasteiger partial charge in [-0.3, -0.25) is 4.98 Å². The van der Waals surface area contributed by atoms with E-state index in [2.05, 4.69) is 20.9 Å². The third-order valence-electron chi connectivity index (χ3n) is 2.28. The van der Waals surface area contributed by atoms with Gasteiger partial charge in [-0.25, -0.2) is 4.39 Å². The molecule has 1 aromatic heterocycles. The Morgan fingerprint density at radius 1 is 1.19 bits per heavy atom. The highest BCUT2D eigenvalue weighted by atomic mass is 79.9. The van der Waals surface area contributed by atoms with Gasteiger partial charge in [-0.05, 0) is 39.7 Å². The van der Waals surface area contributed by atoms with E-state index >= 15 is 0 Å². The Morgan fingerprint density at radius 3 is 2.50 bits per heavy atom. The summed E-state index contributed by atoms with van der Waals surface area (Å²) in [7, 11) is 0. The van der Waals surface area contributed by atoms with Gasteiger partial charge in [-0.1, -0.05) is 12.1 Å². The van der Waals surface area contributed by atoms with Gasteiger partial charge in [-0.2, -0.15) is 0 Å². The number of hydrogen-bond acceptors (Lipinski definition) is 2. The van der Waals surface area contributed by atoms with Gasteiger partial charge >= 0.3 is 0 Å². The summed E-state index contributed by atoms with van der Waals surface area (Å²) in [6.07, 6.45) is 2.44. The van der Waals surface area contributed by atoms with E-state index in [4.69, 9.17) is 0 Å². The predicted molar refractivity (Wildman–Crippen MR) is 62.4 cm³/mol. The van der Waals surface area contributed by atoms with Crippen molar-refractivity contribution in [1.82, 2.24) is 4.98 Å². The van der Waals surface area contributed by atoms with Gasteiger partial charge in [-0.15, -0.1) is 0 Å². The molecule has 1 N–H and O–H groups in total. The third kappa shape index (κ3) is 2.28. The Bertz CT molecular complexity index is 487. The quantitative estimate of drug-likeness (QED) is 0.918. The van der Waals surface area contributed by atoms with Gasteiger partial charge in [0.15, 0.2) is 0 Å². The Hall–Kier alpha value is -1.26. The zero-order chi connectivity index (χ0) is 11.5. The van der Waals surface area contributed by atoms with Crippen molar-refractivity contribution >= 4 is 15.9 Å². The minimum Gasteiger partial charge on any atom is -0.384 e. The second-order valence-electron chi connectivity index (χ2n) is 3.35. The fourth-order valence-electron chi connectivity index (χ4n) is 1.43. The molecule has 1 unspecified atom stereocenters. The van der Waals surface area contributed by atoms with E-state index in [9.17, 15) is 9.50 Å². The highest BCUT2D eigenvalue weighted by Crippen LogP contribution is 2.27. The lowest BCUT2D eigenvalue weighted by atomic mass is 10.0. The maximum atomic E-state index is 12.7. The molecule has 0 fully saturated rings. The third-order valence-corrected chi connectivity index (χ3v) is 2.95. The second-order valence-corrected chi connectivity index (χ2v) is 4.21. The molecule has 2 rings (SSSR count). The van der Waals surface area contributed by atoms with E-state index in [0.717, 1.165) is 4.47 Å². The van der Waals surface area contributed by atoms with E-state index in [1.807, 2.05) is 0 Å². The first-order valence-corrected chi connectivity index (χ1v) is 5.50. The van der Waals surface area contributed by atoms with E-state index in [-0.39, 0.29) is 5.82 Å². The van der Waals surface area contributed by atoms with Gasteiger partial charge in [0.25, 0.3) is 0 Å². The molecule has 0 bridgehead atoms. The lowest BCUT2D eigenvalue weighted by Crippen LogP contribution is -2.00. The Balaban J connectivity index is 2.35. The predicted octanol–water partition coefficient (Wildman–Crippen LogP) is 3.06. The van der Waals surface area contributed by atoms with Crippen molar-refractivity contribution in [3.05, 3.63) is 64.1 Å². The van der Waals surface area contributed by atoms with Gasteiger partial charge in [0, 0.05) is 22.4 Å². The van der Waals surface area contributed by atoms with Crippen molar-refractivity contribution in [2.75, 3.05) is 0 Å². The minimum atomic E-state index is -0.780. The number of aromatic nitrogens is 1. The van der Waals surface area contributed by atoms with E-state index < -0.39 is 6.10 Å². The Morgan fingerprint density at radius 2 is 1.88 bits per heavy atom. The first kappa shape index (κ1) is 11.2. The van der Waals surface area contributed by atoms with Crippen molar-refractivity contribution in [2.24, 2.45) is 0 Å². The molecule has 0 radical (unpaired) electrons. The molecule has 0 aliphatic heterocycles. The lowest BCUT2D eigenvalue weighted by Gasteiger charge is -2.12. The van der Waals surface area contributed by atoms with Crippen molar-refractivity contribution < 1.29 is 9.50 Å². The first-order chi connectivity index (χ1) is 7.68. The van der Waals surface area contributed by atoms with Crippen LogP contribution in [-0.2, 0) is 0 Å². The number of pyridine rings is 1. The molecular weight excluding hydrogens is 273 g/mol. The molecule has 82 valence electrons. The normalized spacial score (nSPS) is 12.4. The molecule has 1 heterocycles. The van der Waals surface area contributed by atoms with Crippen LogP contribution in [0.15, 0.2) is 47.2 Å². The molecule has 4 heteroatoms. The maximum absolute atomic E-state index is 12.7. The zero-order valence-corrected chi connectivity index (χ0v) is 9.86. The summed E-state index contributed by atoms with van der Waals surface area (Å²) in [6.45, 7) is 0. The fraction of sp³-hybridized carbons (Fsp3) is 0.0833. The molecule has 0 saturated carbocycles. The Labute approximate surface area is 101 Å². The van der Waals surface area contributed by atoms with Crippen molar-refractivity contribution in [1.29, 1.82) is 0 Å². The minimum absolute atomic E-state index is 0.315. The summed E-state index contributed by atoms with van der Waals surface area (Å²) in [5.41, 5.74) is 1.36. The average molecular weight is 282 g/mol. The second kappa shape index (κ2) is 4.72. The number of benzene rings is 1. The summed E-state index contributed by atoms with van der Waals surface area (Å²) in [6, 6.07) is 7.50. The van der Waals surface area contributed by atoms with Crippen molar-refractivity contribution in [3.63, 3.8) is 0 Å². The van der Waals surface area contributed by atoms with Gasteiger partial charge in [0.05, 0.1) is 0 Å². The maximum Gasteiger partial charge on any atom is 0.123 e. The summed E-state index contributed by atoms with van der Waals surface area (Å²) in [5.74, 6) is -0.315. The summed E-state index contributed by atoms with van der Waals surface area (Å²) >= 11 is 3.31. The van der Waals surface area contributed by atoms with Gasteiger partial charge < -0.3 is 5.11 Å². The van der Waals surface area contributed by atoms with Crippen LogP contribution in [0, 0.1) is 5.82 Å². The molecule has 1 atom stereocenters. The topological polar surface area (TPSA) is 33.1 Å². The molecule has 0 spiro atoms. The van der Waals surface area contributed by atoms with Crippen LogP contribution in [0.3, 0.4) is 0 Å². The van der Waals surface area contributed by atoms with Crippen LogP contribution in [0.4, 0.5) is 4.39 Å². The highest BCUT2D eigenvalue weighted by Gasteiger charge is 2.13. The fourth-order valence-corrected chi connectivity index (χ4v) is 1.90. The molecule has 1 aromatic carbocycles. The molecule has 0 aliphatic carbocycles. The summed E-state index contributed by atoms with van der Waals surface area (Å²) in [4.78, 5) is 3.92.